The van der Waals surface area contributed by atoms with Crippen molar-refractivity contribution < 1.29 is 0 Å². The fraction of sp³-hybridized carbons (Fsp3) is 1.00. The van der Waals surface area contributed by atoms with Gasteiger partial charge in [0.25, 0.3) is 0 Å². The largest absolute Gasteiger partial charge is 0.314 e. The molecule has 2 fully saturated rings. The maximum absolute atomic E-state index is 3.34. The van der Waals surface area contributed by atoms with Gasteiger partial charge in [-0.15, -0.1) is 0 Å². The third kappa shape index (κ3) is 1.75. The summed E-state index contributed by atoms with van der Waals surface area (Å²) in [5, 5.41) is 3.34. The first kappa shape index (κ1) is 9.47. The van der Waals surface area contributed by atoms with Gasteiger partial charge in [0.1, 0.15) is 0 Å². The van der Waals surface area contributed by atoms with Crippen LogP contribution in [0, 0.1) is 11.8 Å². The van der Waals surface area contributed by atoms with Crippen LogP contribution in [0.4, 0.5) is 0 Å². The van der Waals surface area contributed by atoms with E-state index in [0.717, 1.165) is 23.9 Å². The van der Waals surface area contributed by atoms with Crippen molar-refractivity contribution >= 4 is 0 Å². The van der Waals surface area contributed by atoms with E-state index in [4.69, 9.17) is 0 Å². The monoisotopic (exact) mass is 182 g/mol. The topological polar surface area (TPSA) is 15.3 Å². The summed E-state index contributed by atoms with van der Waals surface area (Å²) in [6.45, 7) is 7.12. The summed E-state index contributed by atoms with van der Waals surface area (Å²) >= 11 is 0. The summed E-state index contributed by atoms with van der Waals surface area (Å²) in [6, 6.07) is 1.72. The zero-order valence-electron chi connectivity index (χ0n) is 9.09. The molecule has 1 aliphatic heterocycles. The predicted molar refractivity (Wildman–Crippen MR) is 55.8 cm³/mol. The number of hydrogen-bond acceptors (Lipinski definition) is 2. The van der Waals surface area contributed by atoms with E-state index >= 15 is 0 Å². The fourth-order valence-corrected chi connectivity index (χ4v) is 2.37. The third-order valence-corrected chi connectivity index (χ3v) is 4.00. The van der Waals surface area contributed by atoms with E-state index in [-0.39, 0.29) is 0 Å². The normalized spacial score (nSPS) is 34.8. The molecular weight excluding hydrogens is 160 g/mol. The second-order valence-corrected chi connectivity index (χ2v) is 5.11. The minimum Gasteiger partial charge on any atom is -0.314 e. The Morgan fingerprint density at radius 2 is 1.77 bits per heavy atom. The van der Waals surface area contributed by atoms with Gasteiger partial charge in [0.15, 0.2) is 0 Å². The van der Waals surface area contributed by atoms with Gasteiger partial charge in [0.05, 0.1) is 0 Å². The molecule has 0 amide bonds. The zero-order valence-corrected chi connectivity index (χ0v) is 9.09. The summed E-state index contributed by atoms with van der Waals surface area (Å²) in [7, 11) is 2.30. The van der Waals surface area contributed by atoms with Crippen molar-refractivity contribution in [3.05, 3.63) is 0 Å². The van der Waals surface area contributed by atoms with E-state index in [1.807, 2.05) is 0 Å². The molecule has 0 bridgehead atoms. The molecule has 1 N–H and O–H groups in total. The lowest BCUT2D eigenvalue weighted by atomic mass is 9.72. The van der Waals surface area contributed by atoms with Crippen LogP contribution in [0.2, 0.25) is 0 Å². The molecule has 2 nitrogen and oxygen atoms in total. The van der Waals surface area contributed by atoms with Gasteiger partial charge in [0, 0.05) is 25.2 Å². The van der Waals surface area contributed by atoms with Crippen LogP contribution in [0.15, 0.2) is 0 Å². The number of rotatable bonds is 3. The lowest BCUT2D eigenvalue weighted by Crippen LogP contribution is -2.60. The van der Waals surface area contributed by atoms with Gasteiger partial charge in [-0.25, -0.2) is 0 Å². The molecule has 76 valence electrons. The Kier molecular flexibility index (Phi) is 2.61. The van der Waals surface area contributed by atoms with E-state index < -0.39 is 0 Å². The van der Waals surface area contributed by atoms with Gasteiger partial charge in [-0.2, -0.15) is 0 Å². The van der Waals surface area contributed by atoms with Crippen molar-refractivity contribution in [2.45, 2.75) is 38.8 Å². The number of nitrogens with one attached hydrogen (secondary N) is 1. The molecule has 1 heterocycles. The van der Waals surface area contributed by atoms with Gasteiger partial charge in [0.2, 0.25) is 0 Å². The summed E-state index contributed by atoms with van der Waals surface area (Å²) in [4.78, 5) is 2.59. The molecule has 1 aliphatic carbocycles. The number of likely N-dealkylation sites (N-methyl/N-ethyl adjacent to an activating group) is 1. The quantitative estimate of drug-likeness (QED) is 0.708. The number of nitrogens with zero attached hydrogens (tertiary/aromatic N) is 1. The first-order chi connectivity index (χ1) is 6.18. The SMILES string of the molecule is CC(C)C1CC(N(C)C2CNC2)C1. The van der Waals surface area contributed by atoms with Crippen LogP contribution >= 0.6 is 0 Å². The molecule has 0 radical (unpaired) electrons. The second kappa shape index (κ2) is 3.58. The summed E-state index contributed by atoms with van der Waals surface area (Å²) in [5.74, 6) is 1.89. The highest BCUT2D eigenvalue weighted by molar-refractivity contribution is 4.93. The van der Waals surface area contributed by atoms with Crippen molar-refractivity contribution in [1.82, 2.24) is 10.2 Å². The van der Waals surface area contributed by atoms with Crippen LogP contribution in [0.3, 0.4) is 0 Å². The summed E-state index contributed by atoms with van der Waals surface area (Å²) in [6.07, 6.45) is 2.87. The minimum atomic E-state index is 0.832. The van der Waals surface area contributed by atoms with Crippen molar-refractivity contribution in [2.75, 3.05) is 20.1 Å². The standard InChI is InChI=1S/C11H22N2/c1-8(2)9-4-10(5-9)13(3)11-6-12-7-11/h8-12H,4-7H2,1-3H3. The lowest BCUT2D eigenvalue weighted by molar-refractivity contribution is 0.0283. The van der Waals surface area contributed by atoms with Crippen LogP contribution in [-0.4, -0.2) is 37.1 Å². The Morgan fingerprint density at radius 3 is 2.15 bits per heavy atom. The molecule has 0 unspecified atom stereocenters. The van der Waals surface area contributed by atoms with E-state index in [1.165, 1.54) is 25.9 Å². The molecule has 1 saturated heterocycles. The first-order valence-electron chi connectivity index (χ1n) is 5.61. The van der Waals surface area contributed by atoms with Crippen LogP contribution in [0.1, 0.15) is 26.7 Å². The van der Waals surface area contributed by atoms with E-state index in [2.05, 4.69) is 31.1 Å². The van der Waals surface area contributed by atoms with Gasteiger partial charge < -0.3 is 5.32 Å². The Balaban J connectivity index is 1.72. The highest BCUT2D eigenvalue weighted by atomic mass is 15.2. The van der Waals surface area contributed by atoms with E-state index in [0.29, 0.717) is 0 Å². The van der Waals surface area contributed by atoms with Crippen LogP contribution in [0.25, 0.3) is 0 Å². The maximum Gasteiger partial charge on any atom is 0.0345 e. The average molecular weight is 182 g/mol. The van der Waals surface area contributed by atoms with Gasteiger partial charge in [-0.3, -0.25) is 4.90 Å². The van der Waals surface area contributed by atoms with Crippen molar-refractivity contribution in [1.29, 1.82) is 0 Å². The highest BCUT2D eigenvalue weighted by Crippen LogP contribution is 2.37. The molecule has 1 saturated carbocycles. The molecule has 2 rings (SSSR count). The summed E-state index contributed by atoms with van der Waals surface area (Å²) in [5.41, 5.74) is 0. The molecular formula is C11H22N2. The maximum atomic E-state index is 3.34. The molecule has 0 spiro atoms. The zero-order chi connectivity index (χ0) is 9.42. The van der Waals surface area contributed by atoms with Crippen LogP contribution < -0.4 is 5.32 Å². The third-order valence-electron chi connectivity index (χ3n) is 4.00. The molecule has 13 heavy (non-hydrogen) atoms. The second-order valence-electron chi connectivity index (χ2n) is 5.11. The molecule has 0 aromatic rings. The lowest BCUT2D eigenvalue weighted by Gasteiger charge is -2.48. The smallest absolute Gasteiger partial charge is 0.0345 e. The average Bonchev–Trinajstić information content (AvgIpc) is 1.76. The molecule has 0 atom stereocenters. The Hall–Kier alpha value is -0.0800. The number of hydrogen-bond donors (Lipinski definition) is 1. The van der Waals surface area contributed by atoms with Gasteiger partial charge >= 0.3 is 0 Å². The van der Waals surface area contributed by atoms with Gasteiger partial charge in [-0.1, -0.05) is 13.8 Å². The van der Waals surface area contributed by atoms with E-state index in [1.54, 1.807) is 0 Å². The predicted octanol–water partition coefficient (Wildman–Crippen LogP) is 1.32. The Bertz CT molecular complexity index is 169. The molecule has 2 aliphatic rings. The highest BCUT2D eigenvalue weighted by Gasteiger charge is 2.37. The minimum absolute atomic E-state index is 0.832. The summed E-state index contributed by atoms with van der Waals surface area (Å²) < 4.78 is 0. The van der Waals surface area contributed by atoms with Gasteiger partial charge in [-0.05, 0) is 31.7 Å². The van der Waals surface area contributed by atoms with Crippen molar-refractivity contribution in [3.8, 4) is 0 Å². The molecule has 2 heteroatoms. The van der Waals surface area contributed by atoms with Crippen LogP contribution in [-0.2, 0) is 0 Å². The molecule has 0 aromatic heterocycles. The van der Waals surface area contributed by atoms with E-state index in [9.17, 15) is 0 Å². The Labute approximate surface area is 81.7 Å². The fourth-order valence-electron chi connectivity index (χ4n) is 2.37. The first-order valence-corrected chi connectivity index (χ1v) is 5.61. The van der Waals surface area contributed by atoms with Crippen LogP contribution in [0.5, 0.6) is 0 Å². The van der Waals surface area contributed by atoms with Crippen molar-refractivity contribution in [3.63, 3.8) is 0 Å². The van der Waals surface area contributed by atoms with Crippen molar-refractivity contribution in [2.24, 2.45) is 11.8 Å². The Morgan fingerprint density at radius 1 is 1.15 bits per heavy atom. The molecule has 0 aromatic carbocycles.